The molecule has 1 saturated heterocycles. The highest BCUT2D eigenvalue weighted by molar-refractivity contribution is 5.95. The summed E-state index contributed by atoms with van der Waals surface area (Å²) in [5, 5.41) is 0. The van der Waals surface area contributed by atoms with Crippen LogP contribution < -0.4 is 4.90 Å². The first-order valence-corrected chi connectivity index (χ1v) is 7.94. The highest BCUT2D eigenvalue weighted by Crippen LogP contribution is 2.36. The summed E-state index contributed by atoms with van der Waals surface area (Å²) >= 11 is 0. The average Bonchev–Trinajstić information content (AvgIpc) is 2.66. The second-order valence-electron chi connectivity index (χ2n) is 5.91. The molecule has 0 aliphatic carbocycles. The van der Waals surface area contributed by atoms with Crippen molar-refractivity contribution in [3.63, 3.8) is 0 Å². The van der Waals surface area contributed by atoms with Crippen LogP contribution in [0.5, 0.6) is 0 Å². The number of pyridine rings is 1. The Kier molecular flexibility index (Phi) is 5.53. The molecule has 0 atom stereocenters. The van der Waals surface area contributed by atoms with Crippen LogP contribution in [0.3, 0.4) is 0 Å². The Labute approximate surface area is 142 Å². The monoisotopic (exact) mass is 366 g/mol. The zero-order valence-electron chi connectivity index (χ0n) is 13.9. The number of nitrogens with zero attached hydrogens (tertiary/aromatic N) is 2. The van der Waals surface area contributed by atoms with Gasteiger partial charge in [-0.1, -0.05) is 0 Å². The van der Waals surface area contributed by atoms with Gasteiger partial charge in [-0.15, -0.1) is 0 Å². The number of ether oxygens (including phenoxy) is 1. The lowest BCUT2D eigenvalue weighted by molar-refractivity contribution is -0.138. The number of rotatable bonds is 3. The summed E-state index contributed by atoms with van der Waals surface area (Å²) < 4.78 is 71.3. The Morgan fingerprint density at radius 2 is 2.00 bits per heavy atom. The van der Waals surface area contributed by atoms with Gasteiger partial charge in [-0.2, -0.15) is 13.2 Å². The van der Waals surface area contributed by atoms with Crippen molar-refractivity contribution in [1.82, 2.24) is 4.98 Å². The van der Waals surface area contributed by atoms with Crippen LogP contribution in [-0.2, 0) is 10.9 Å². The van der Waals surface area contributed by atoms with E-state index in [-0.39, 0.29) is 49.6 Å². The topological polar surface area (TPSA) is 42.4 Å². The van der Waals surface area contributed by atoms with Crippen molar-refractivity contribution >= 4 is 11.8 Å². The maximum absolute atomic E-state index is 13.5. The fourth-order valence-corrected chi connectivity index (χ4v) is 2.76. The van der Waals surface area contributed by atoms with Gasteiger partial charge in [-0.25, -0.2) is 18.6 Å². The molecule has 0 aromatic carbocycles. The zero-order valence-corrected chi connectivity index (χ0v) is 13.9. The van der Waals surface area contributed by atoms with Gasteiger partial charge in [0, 0.05) is 25.9 Å². The van der Waals surface area contributed by atoms with E-state index >= 15 is 0 Å². The van der Waals surface area contributed by atoms with Gasteiger partial charge in [0.1, 0.15) is 11.4 Å². The third kappa shape index (κ3) is 4.58. The number of carbonyl (C=O) groups excluding carboxylic acids is 1. The number of halogens is 5. The molecule has 1 aliphatic rings. The normalized spacial score (nSPS) is 18.0. The van der Waals surface area contributed by atoms with E-state index in [4.69, 9.17) is 4.74 Å². The van der Waals surface area contributed by atoms with Gasteiger partial charge >= 0.3 is 12.1 Å². The van der Waals surface area contributed by atoms with Gasteiger partial charge in [-0.05, 0) is 26.3 Å². The van der Waals surface area contributed by atoms with Crippen LogP contribution in [0.15, 0.2) is 6.07 Å². The Balaban J connectivity index is 2.48. The van der Waals surface area contributed by atoms with E-state index in [1.807, 2.05) is 0 Å². The molecule has 2 rings (SSSR count). The molecular formula is C16H19F5N2O2. The van der Waals surface area contributed by atoms with Gasteiger partial charge in [0.2, 0.25) is 5.92 Å². The number of hydrogen-bond acceptors (Lipinski definition) is 4. The minimum Gasteiger partial charge on any atom is -0.462 e. The van der Waals surface area contributed by atoms with Gasteiger partial charge in [-0.3, -0.25) is 0 Å². The Morgan fingerprint density at radius 3 is 2.60 bits per heavy atom. The second kappa shape index (κ2) is 7.13. The molecule has 25 heavy (non-hydrogen) atoms. The minimum absolute atomic E-state index is 0.0222. The molecule has 0 radical (unpaired) electrons. The van der Waals surface area contributed by atoms with Crippen LogP contribution in [0.25, 0.3) is 0 Å². The van der Waals surface area contributed by atoms with Crippen molar-refractivity contribution < 1.29 is 31.5 Å². The average molecular weight is 366 g/mol. The molecule has 0 unspecified atom stereocenters. The molecule has 1 aromatic rings. The fraction of sp³-hybridized carbons (Fsp3) is 0.625. The van der Waals surface area contributed by atoms with Crippen LogP contribution in [0.4, 0.5) is 27.8 Å². The molecule has 140 valence electrons. The number of carbonyl (C=O) groups is 1. The molecule has 0 bridgehead atoms. The quantitative estimate of drug-likeness (QED) is 0.594. The molecule has 0 amide bonds. The van der Waals surface area contributed by atoms with E-state index in [0.29, 0.717) is 6.07 Å². The molecule has 1 fully saturated rings. The summed E-state index contributed by atoms with van der Waals surface area (Å²) in [4.78, 5) is 17.5. The lowest BCUT2D eigenvalue weighted by Gasteiger charge is -2.25. The molecule has 9 heteroatoms. The first-order chi connectivity index (χ1) is 11.5. The highest BCUT2D eigenvalue weighted by atomic mass is 19.4. The predicted octanol–water partition coefficient (Wildman–Crippen LogP) is 4.21. The molecule has 0 N–H and O–H groups in total. The lowest BCUT2D eigenvalue weighted by atomic mass is 10.1. The van der Waals surface area contributed by atoms with Crippen LogP contribution in [0.2, 0.25) is 0 Å². The first-order valence-electron chi connectivity index (χ1n) is 7.94. The van der Waals surface area contributed by atoms with E-state index in [1.54, 1.807) is 0 Å². The molecule has 2 heterocycles. The molecule has 4 nitrogen and oxygen atoms in total. The number of hydrogen-bond donors (Lipinski definition) is 0. The van der Waals surface area contributed by atoms with Crippen molar-refractivity contribution in [1.29, 1.82) is 0 Å². The standard InChI is InChI=1S/C16H19F5N2O2/c1-3-25-14(24)11-9-12(16(19,20)21)10(2)22-13(11)23-7-4-5-15(17,18)6-8-23/h9H,3-8H2,1-2H3. The first kappa shape index (κ1) is 19.4. The lowest BCUT2D eigenvalue weighted by Crippen LogP contribution is -2.29. The minimum atomic E-state index is -4.68. The Hall–Kier alpha value is -1.93. The number of anilines is 1. The maximum Gasteiger partial charge on any atom is 0.418 e. The summed E-state index contributed by atoms with van der Waals surface area (Å²) in [7, 11) is 0. The molecular weight excluding hydrogens is 347 g/mol. The predicted molar refractivity (Wildman–Crippen MR) is 80.9 cm³/mol. The van der Waals surface area contributed by atoms with Crippen LogP contribution in [-0.4, -0.2) is 36.6 Å². The molecule has 1 aliphatic heterocycles. The van der Waals surface area contributed by atoms with Crippen LogP contribution in [0, 0.1) is 6.92 Å². The number of aromatic nitrogens is 1. The van der Waals surface area contributed by atoms with E-state index in [0.717, 1.165) is 0 Å². The van der Waals surface area contributed by atoms with Crippen molar-refractivity contribution in [3.8, 4) is 0 Å². The van der Waals surface area contributed by atoms with E-state index in [1.165, 1.54) is 18.7 Å². The third-order valence-corrected chi connectivity index (χ3v) is 4.01. The van der Waals surface area contributed by atoms with Gasteiger partial charge in [0.25, 0.3) is 0 Å². The summed E-state index contributed by atoms with van der Waals surface area (Å²) in [6.45, 7) is 2.76. The summed E-state index contributed by atoms with van der Waals surface area (Å²) in [5.74, 6) is -3.83. The van der Waals surface area contributed by atoms with Crippen LogP contribution >= 0.6 is 0 Å². The van der Waals surface area contributed by atoms with Crippen LogP contribution in [0.1, 0.15) is 47.8 Å². The van der Waals surface area contributed by atoms with Gasteiger partial charge < -0.3 is 9.64 Å². The summed E-state index contributed by atoms with van der Waals surface area (Å²) in [5.41, 5.74) is -1.71. The van der Waals surface area contributed by atoms with Crippen molar-refractivity contribution in [3.05, 3.63) is 22.9 Å². The van der Waals surface area contributed by atoms with E-state index < -0.39 is 30.1 Å². The molecule has 1 aromatic heterocycles. The SMILES string of the molecule is CCOC(=O)c1cc(C(F)(F)F)c(C)nc1N1CCCC(F)(F)CC1. The number of alkyl halides is 5. The largest absolute Gasteiger partial charge is 0.462 e. The smallest absolute Gasteiger partial charge is 0.418 e. The van der Waals surface area contributed by atoms with Crippen molar-refractivity contribution in [2.24, 2.45) is 0 Å². The van der Waals surface area contributed by atoms with Gasteiger partial charge in [0.15, 0.2) is 0 Å². The molecule has 0 saturated carbocycles. The van der Waals surface area contributed by atoms with E-state index in [9.17, 15) is 26.7 Å². The third-order valence-electron chi connectivity index (χ3n) is 4.01. The maximum atomic E-state index is 13.5. The fourth-order valence-electron chi connectivity index (χ4n) is 2.76. The summed E-state index contributed by atoms with van der Waals surface area (Å²) in [6, 6.07) is 0.693. The number of esters is 1. The number of aryl methyl sites for hydroxylation is 1. The van der Waals surface area contributed by atoms with Crippen molar-refractivity contribution in [2.45, 2.75) is 45.2 Å². The second-order valence-corrected chi connectivity index (χ2v) is 5.91. The summed E-state index contributed by atoms with van der Waals surface area (Å²) in [6.07, 6.45) is -5.28. The highest BCUT2D eigenvalue weighted by Gasteiger charge is 2.37. The van der Waals surface area contributed by atoms with Crippen molar-refractivity contribution in [2.75, 3.05) is 24.6 Å². The zero-order chi connectivity index (χ0) is 18.8. The molecule has 0 spiro atoms. The Bertz CT molecular complexity index is 646. The van der Waals surface area contributed by atoms with E-state index in [2.05, 4.69) is 4.98 Å². The Morgan fingerprint density at radius 1 is 1.32 bits per heavy atom. The van der Waals surface area contributed by atoms with Gasteiger partial charge in [0.05, 0.1) is 17.9 Å².